The predicted octanol–water partition coefficient (Wildman–Crippen LogP) is 2.86. The average molecular weight is 351 g/mol. The Morgan fingerprint density at radius 2 is 1.65 bits per heavy atom. The fraction of sp³-hybridized carbons (Fsp3) is 0.333. The molecule has 1 unspecified atom stereocenters. The van der Waals surface area contributed by atoms with E-state index < -0.39 is 6.04 Å². The van der Waals surface area contributed by atoms with Gasteiger partial charge in [0.1, 0.15) is 6.04 Å². The van der Waals surface area contributed by atoms with Crippen LogP contribution in [-0.2, 0) is 9.59 Å². The summed E-state index contributed by atoms with van der Waals surface area (Å²) in [6.45, 7) is 0.504. The first-order chi connectivity index (χ1) is 12.7. The molecule has 1 aliphatic rings. The van der Waals surface area contributed by atoms with Gasteiger partial charge in [0.05, 0.1) is 0 Å². The average Bonchev–Trinajstić information content (AvgIpc) is 3.16. The lowest BCUT2D eigenvalue weighted by molar-refractivity contribution is -0.130. The molecule has 136 valence electrons. The van der Waals surface area contributed by atoms with Gasteiger partial charge in [0.25, 0.3) is 5.91 Å². The summed E-state index contributed by atoms with van der Waals surface area (Å²) in [4.78, 5) is 25.7. The lowest BCUT2D eigenvalue weighted by atomic mass is 9.94. The van der Waals surface area contributed by atoms with E-state index in [1.165, 1.54) is 0 Å². The summed E-state index contributed by atoms with van der Waals surface area (Å²) in [6, 6.07) is 17.8. The molecular weight excluding hydrogens is 326 g/mol. The Balaban J connectivity index is 1.77. The Bertz CT molecular complexity index is 733. The quantitative estimate of drug-likeness (QED) is 0.748. The van der Waals surface area contributed by atoms with Crippen LogP contribution >= 0.6 is 0 Å². The minimum Gasteiger partial charge on any atom is -0.340 e. The van der Waals surface area contributed by atoms with Gasteiger partial charge in [-0.05, 0) is 43.0 Å². The molecular formula is C21H25N3O2. The Morgan fingerprint density at radius 1 is 1.00 bits per heavy atom. The number of para-hydroxylation sites is 1. The van der Waals surface area contributed by atoms with E-state index in [1.54, 1.807) is 0 Å². The van der Waals surface area contributed by atoms with Gasteiger partial charge in [-0.1, -0.05) is 55.0 Å². The van der Waals surface area contributed by atoms with E-state index in [-0.39, 0.29) is 23.7 Å². The van der Waals surface area contributed by atoms with Gasteiger partial charge in [-0.15, -0.1) is 0 Å². The van der Waals surface area contributed by atoms with Crippen LogP contribution in [0.2, 0.25) is 0 Å². The fourth-order valence-electron chi connectivity index (χ4n) is 3.60. The highest BCUT2D eigenvalue weighted by atomic mass is 16.2. The SMILES string of the molecule is NC[C@H]1CCC[C@H]1C(=O)NC(C(=O)Nc1ccccc1)c1ccccc1. The second-order valence-corrected chi connectivity index (χ2v) is 6.74. The van der Waals surface area contributed by atoms with E-state index in [0.29, 0.717) is 12.2 Å². The number of anilines is 1. The van der Waals surface area contributed by atoms with Crippen LogP contribution in [0.4, 0.5) is 5.69 Å². The highest BCUT2D eigenvalue weighted by Crippen LogP contribution is 2.31. The molecule has 1 aliphatic carbocycles. The highest BCUT2D eigenvalue weighted by molar-refractivity contribution is 5.98. The van der Waals surface area contributed by atoms with Gasteiger partial charge in [0.15, 0.2) is 0 Å². The summed E-state index contributed by atoms with van der Waals surface area (Å²) in [5, 5.41) is 5.84. The maximum Gasteiger partial charge on any atom is 0.251 e. The van der Waals surface area contributed by atoms with Crippen LogP contribution in [0.25, 0.3) is 0 Å². The Morgan fingerprint density at radius 3 is 2.31 bits per heavy atom. The zero-order valence-electron chi connectivity index (χ0n) is 14.7. The minimum atomic E-state index is -0.733. The molecule has 0 bridgehead atoms. The van der Waals surface area contributed by atoms with Crippen molar-refractivity contribution in [2.24, 2.45) is 17.6 Å². The summed E-state index contributed by atoms with van der Waals surface area (Å²) in [7, 11) is 0. The summed E-state index contributed by atoms with van der Waals surface area (Å²) >= 11 is 0. The third-order valence-corrected chi connectivity index (χ3v) is 5.02. The number of hydrogen-bond acceptors (Lipinski definition) is 3. The number of nitrogens with two attached hydrogens (primary N) is 1. The third-order valence-electron chi connectivity index (χ3n) is 5.02. The predicted molar refractivity (Wildman–Crippen MR) is 102 cm³/mol. The summed E-state index contributed by atoms with van der Waals surface area (Å²) in [5.41, 5.74) is 7.27. The number of nitrogens with one attached hydrogen (secondary N) is 2. The van der Waals surface area contributed by atoms with E-state index in [0.717, 1.165) is 24.8 Å². The third kappa shape index (κ3) is 4.29. The molecule has 0 heterocycles. The van der Waals surface area contributed by atoms with Crippen molar-refractivity contribution < 1.29 is 9.59 Å². The number of amides is 2. The van der Waals surface area contributed by atoms with Gasteiger partial charge in [0.2, 0.25) is 5.91 Å². The molecule has 2 aromatic carbocycles. The molecule has 3 atom stereocenters. The molecule has 2 aromatic rings. The number of benzene rings is 2. The smallest absolute Gasteiger partial charge is 0.251 e. The fourth-order valence-corrected chi connectivity index (χ4v) is 3.60. The van der Waals surface area contributed by atoms with Crippen LogP contribution in [0.15, 0.2) is 60.7 Å². The first kappa shape index (κ1) is 18.1. The van der Waals surface area contributed by atoms with Crippen molar-refractivity contribution in [3.8, 4) is 0 Å². The Hall–Kier alpha value is -2.66. The van der Waals surface area contributed by atoms with E-state index in [9.17, 15) is 9.59 Å². The van der Waals surface area contributed by atoms with Gasteiger partial charge in [-0.25, -0.2) is 0 Å². The standard InChI is InChI=1S/C21H25N3O2/c22-14-16-10-7-13-18(16)20(25)24-19(15-8-3-1-4-9-15)21(26)23-17-11-5-2-6-12-17/h1-6,8-9,11-12,16,18-19H,7,10,13-14,22H2,(H,23,26)(H,24,25)/t16-,18-,19?/m1/s1. The first-order valence-corrected chi connectivity index (χ1v) is 9.10. The van der Waals surface area contributed by atoms with Crippen molar-refractivity contribution in [3.05, 3.63) is 66.2 Å². The molecule has 0 saturated heterocycles. The number of carbonyl (C=O) groups is 2. The van der Waals surface area contributed by atoms with Crippen molar-refractivity contribution in [2.45, 2.75) is 25.3 Å². The zero-order valence-corrected chi connectivity index (χ0v) is 14.7. The van der Waals surface area contributed by atoms with Crippen LogP contribution in [0.5, 0.6) is 0 Å². The molecule has 1 saturated carbocycles. The highest BCUT2D eigenvalue weighted by Gasteiger charge is 2.34. The van der Waals surface area contributed by atoms with Crippen molar-refractivity contribution >= 4 is 17.5 Å². The molecule has 3 rings (SSSR count). The van der Waals surface area contributed by atoms with Crippen molar-refractivity contribution in [1.29, 1.82) is 0 Å². The Labute approximate surface area is 154 Å². The molecule has 0 radical (unpaired) electrons. The van der Waals surface area contributed by atoms with Gasteiger partial charge >= 0.3 is 0 Å². The van der Waals surface area contributed by atoms with E-state index in [2.05, 4.69) is 10.6 Å². The second kappa shape index (κ2) is 8.63. The van der Waals surface area contributed by atoms with Crippen molar-refractivity contribution in [2.75, 3.05) is 11.9 Å². The first-order valence-electron chi connectivity index (χ1n) is 9.10. The molecule has 0 spiro atoms. The van der Waals surface area contributed by atoms with Gasteiger partial charge in [-0.2, -0.15) is 0 Å². The van der Waals surface area contributed by atoms with Crippen molar-refractivity contribution in [1.82, 2.24) is 5.32 Å². The molecule has 0 aliphatic heterocycles. The second-order valence-electron chi connectivity index (χ2n) is 6.74. The van der Waals surface area contributed by atoms with Crippen molar-refractivity contribution in [3.63, 3.8) is 0 Å². The lowest BCUT2D eigenvalue weighted by Crippen LogP contribution is -2.41. The molecule has 0 aromatic heterocycles. The molecule has 5 nitrogen and oxygen atoms in total. The molecule has 26 heavy (non-hydrogen) atoms. The number of hydrogen-bond donors (Lipinski definition) is 3. The summed E-state index contributed by atoms with van der Waals surface area (Å²) < 4.78 is 0. The van der Waals surface area contributed by atoms with Crippen LogP contribution in [0, 0.1) is 11.8 Å². The van der Waals surface area contributed by atoms with Gasteiger partial charge in [0, 0.05) is 11.6 Å². The zero-order chi connectivity index (χ0) is 18.4. The van der Waals surface area contributed by atoms with E-state index in [4.69, 9.17) is 5.73 Å². The van der Waals surface area contributed by atoms with Gasteiger partial charge in [-0.3, -0.25) is 9.59 Å². The van der Waals surface area contributed by atoms with Crippen LogP contribution in [0.1, 0.15) is 30.9 Å². The largest absolute Gasteiger partial charge is 0.340 e. The summed E-state index contributed by atoms with van der Waals surface area (Å²) in [5.74, 6) is -0.257. The molecule has 2 amide bonds. The maximum atomic E-state index is 12.9. The topological polar surface area (TPSA) is 84.2 Å². The van der Waals surface area contributed by atoms with E-state index in [1.807, 2.05) is 60.7 Å². The van der Waals surface area contributed by atoms with Crippen LogP contribution in [0.3, 0.4) is 0 Å². The van der Waals surface area contributed by atoms with E-state index >= 15 is 0 Å². The van der Waals surface area contributed by atoms with Crippen LogP contribution < -0.4 is 16.4 Å². The molecule has 4 N–H and O–H groups in total. The summed E-state index contributed by atoms with van der Waals surface area (Å²) in [6.07, 6.45) is 2.81. The number of carbonyl (C=O) groups excluding carboxylic acids is 2. The van der Waals surface area contributed by atoms with Gasteiger partial charge < -0.3 is 16.4 Å². The normalized spacial score (nSPS) is 20.3. The van der Waals surface area contributed by atoms with Crippen LogP contribution in [-0.4, -0.2) is 18.4 Å². The Kier molecular flexibility index (Phi) is 6.02. The monoisotopic (exact) mass is 351 g/mol. The minimum absolute atomic E-state index is 0.0879. The molecule has 5 heteroatoms. The maximum absolute atomic E-state index is 12.9. The molecule has 1 fully saturated rings. The number of rotatable bonds is 6. The lowest BCUT2D eigenvalue weighted by Gasteiger charge is -2.23.